The molecule has 1 N–H and O–H groups in total. The number of rotatable bonds is 3. The van der Waals surface area contributed by atoms with Gasteiger partial charge in [-0.05, 0) is 18.3 Å². The maximum atomic E-state index is 11.5. The first-order valence-electron chi connectivity index (χ1n) is 5.39. The van der Waals surface area contributed by atoms with Crippen LogP contribution in [0, 0.1) is 5.41 Å². The van der Waals surface area contributed by atoms with Crippen LogP contribution < -0.4 is 5.32 Å². The summed E-state index contributed by atoms with van der Waals surface area (Å²) in [4.78, 5) is 23.8. The minimum Gasteiger partial charge on any atom is -0.326 e. The van der Waals surface area contributed by atoms with E-state index in [4.69, 9.17) is 0 Å². The summed E-state index contributed by atoms with van der Waals surface area (Å²) in [5.41, 5.74) is 0.289. The summed E-state index contributed by atoms with van der Waals surface area (Å²) in [5.74, 6) is -0.103. The molecule has 1 aliphatic heterocycles. The lowest BCUT2D eigenvalue weighted by atomic mass is 9.89. The van der Waals surface area contributed by atoms with Gasteiger partial charge in [-0.2, -0.15) is 0 Å². The molecule has 0 radical (unpaired) electrons. The third-order valence-corrected chi connectivity index (χ3v) is 2.65. The number of hydrogen-bond acceptors (Lipinski definition) is 2. The Balaban J connectivity index is 2.35. The Kier molecular flexibility index (Phi) is 3.37. The molecule has 1 atom stereocenters. The molecule has 4 nitrogen and oxygen atoms in total. The fraction of sp³-hybridized carbons (Fsp3) is 0.818. The number of likely N-dealkylation sites (N-methyl/N-ethyl adjacent to an activating group) is 1. The molecule has 4 heteroatoms. The Morgan fingerprint density at radius 3 is 2.33 bits per heavy atom. The van der Waals surface area contributed by atoms with E-state index >= 15 is 0 Å². The molecule has 0 aromatic carbocycles. The van der Waals surface area contributed by atoms with Crippen LogP contribution in [0.1, 0.15) is 40.0 Å². The molecular formula is C11H20N2O2. The van der Waals surface area contributed by atoms with Crippen LogP contribution in [0.4, 0.5) is 4.79 Å². The van der Waals surface area contributed by atoms with Gasteiger partial charge in [-0.1, -0.05) is 27.2 Å². The molecule has 1 saturated heterocycles. The molecule has 0 saturated carbocycles. The molecule has 1 rings (SSSR count). The second kappa shape index (κ2) is 4.21. The predicted octanol–water partition coefficient (Wildman–Crippen LogP) is 1.75. The van der Waals surface area contributed by atoms with E-state index in [1.165, 1.54) is 7.05 Å². The number of nitrogens with one attached hydrogen (secondary N) is 1. The molecule has 1 heterocycles. The van der Waals surface area contributed by atoms with Gasteiger partial charge in [0.1, 0.15) is 6.04 Å². The van der Waals surface area contributed by atoms with Crippen molar-refractivity contribution in [3.05, 3.63) is 0 Å². The third kappa shape index (κ3) is 3.22. The van der Waals surface area contributed by atoms with Gasteiger partial charge < -0.3 is 5.32 Å². The van der Waals surface area contributed by atoms with Gasteiger partial charge in [-0.25, -0.2) is 4.79 Å². The van der Waals surface area contributed by atoms with Crippen molar-refractivity contribution in [2.24, 2.45) is 5.41 Å². The second-order valence-corrected chi connectivity index (χ2v) is 5.35. The van der Waals surface area contributed by atoms with Crippen molar-refractivity contribution in [2.75, 3.05) is 7.05 Å². The minimum absolute atomic E-state index is 0.103. The Morgan fingerprint density at radius 2 is 1.93 bits per heavy atom. The summed E-state index contributed by atoms with van der Waals surface area (Å²) in [6, 6.07) is -0.578. The quantitative estimate of drug-likeness (QED) is 0.725. The lowest BCUT2D eigenvalue weighted by molar-refractivity contribution is -0.126. The number of carbonyl (C=O) groups is 2. The smallest absolute Gasteiger partial charge is 0.324 e. The molecule has 15 heavy (non-hydrogen) atoms. The highest BCUT2D eigenvalue weighted by atomic mass is 16.2. The highest BCUT2D eigenvalue weighted by molar-refractivity contribution is 6.03. The molecule has 1 aliphatic rings. The van der Waals surface area contributed by atoms with Crippen molar-refractivity contribution in [1.82, 2.24) is 10.2 Å². The van der Waals surface area contributed by atoms with Crippen LogP contribution in [0.25, 0.3) is 0 Å². The van der Waals surface area contributed by atoms with Crippen LogP contribution in [0.15, 0.2) is 0 Å². The van der Waals surface area contributed by atoms with Crippen molar-refractivity contribution in [3.8, 4) is 0 Å². The first kappa shape index (κ1) is 12.0. The summed E-state index contributed by atoms with van der Waals surface area (Å²) in [6.45, 7) is 6.52. The number of urea groups is 1. The zero-order valence-electron chi connectivity index (χ0n) is 9.96. The molecule has 1 unspecified atom stereocenters. The van der Waals surface area contributed by atoms with Gasteiger partial charge in [0, 0.05) is 7.05 Å². The van der Waals surface area contributed by atoms with E-state index in [0.717, 1.165) is 24.2 Å². The largest absolute Gasteiger partial charge is 0.326 e. The fourth-order valence-electron chi connectivity index (χ4n) is 1.67. The molecule has 0 aromatic rings. The first-order chi connectivity index (χ1) is 6.81. The molecule has 0 spiro atoms. The van der Waals surface area contributed by atoms with Crippen LogP contribution in [0.3, 0.4) is 0 Å². The van der Waals surface area contributed by atoms with Crippen molar-refractivity contribution < 1.29 is 9.59 Å². The van der Waals surface area contributed by atoms with Crippen molar-refractivity contribution >= 4 is 11.9 Å². The maximum Gasteiger partial charge on any atom is 0.324 e. The molecule has 0 aromatic heterocycles. The zero-order valence-corrected chi connectivity index (χ0v) is 9.96. The average molecular weight is 212 g/mol. The van der Waals surface area contributed by atoms with Gasteiger partial charge in [-0.15, -0.1) is 0 Å². The van der Waals surface area contributed by atoms with Crippen LogP contribution in [0.5, 0.6) is 0 Å². The standard InChI is InChI=1S/C11H20N2O2/c1-11(2,3)7-5-6-8-9(14)13(4)10(15)12-8/h8H,5-7H2,1-4H3,(H,12,15). The molecule has 3 amide bonds. The highest BCUT2D eigenvalue weighted by Crippen LogP contribution is 2.23. The van der Waals surface area contributed by atoms with E-state index in [0.29, 0.717) is 0 Å². The number of nitrogens with zero attached hydrogens (tertiary/aromatic N) is 1. The van der Waals surface area contributed by atoms with Gasteiger partial charge in [0.15, 0.2) is 0 Å². The Bertz CT molecular complexity index is 268. The molecule has 86 valence electrons. The van der Waals surface area contributed by atoms with Gasteiger partial charge >= 0.3 is 6.03 Å². The molecule has 1 fully saturated rings. The number of imide groups is 1. The Hall–Kier alpha value is -1.06. The lowest BCUT2D eigenvalue weighted by Crippen LogP contribution is -2.29. The lowest BCUT2D eigenvalue weighted by Gasteiger charge is -2.18. The second-order valence-electron chi connectivity index (χ2n) is 5.35. The van der Waals surface area contributed by atoms with Crippen molar-refractivity contribution in [3.63, 3.8) is 0 Å². The summed E-state index contributed by atoms with van der Waals surface area (Å²) < 4.78 is 0. The Morgan fingerprint density at radius 1 is 1.33 bits per heavy atom. The maximum absolute atomic E-state index is 11.5. The van der Waals surface area contributed by atoms with E-state index in [2.05, 4.69) is 26.1 Å². The zero-order chi connectivity index (χ0) is 11.6. The first-order valence-corrected chi connectivity index (χ1v) is 5.39. The van der Waals surface area contributed by atoms with Gasteiger partial charge in [0.05, 0.1) is 0 Å². The number of hydrogen-bond donors (Lipinski definition) is 1. The third-order valence-electron chi connectivity index (χ3n) is 2.65. The number of amides is 3. The van der Waals surface area contributed by atoms with E-state index in [1.54, 1.807) is 0 Å². The summed E-state index contributed by atoms with van der Waals surface area (Å²) in [7, 11) is 1.52. The van der Waals surface area contributed by atoms with E-state index in [-0.39, 0.29) is 23.4 Å². The monoisotopic (exact) mass is 212 g/mol. The van der Waals surface area contributed by atoms with Crippen LogP contribution in [0.2, 0.25) is 0 Å². The van der Waals surface area contributed by atoms with Gasteiger partial charge in [0.2, 0.25) is 0 Å². The van der Waals surface area contributed by atoms with E-state index in [9.17, 15) is 9.59 Å². The van der Waals surface area contributed by atoms with E-state index < -0.39 is 0 Å². The van der Waals surface area contributed by atoms with Crippen molar-refractivity contribution in [1.29, 1.82) is 0 Å². The van der Waals surface area contributed by atoms with Crippen LogP contribution in [-0.2, 0) is 4.79 Å². The summed E-state index contributed by atoms with van der Waals surface area (Å²) >= 11 is 0. The van der Waals surface area contributed by atoms with E-state index in [1.807, 2.05) is 0 Å². The average Bonchev–Trinajstić information content (AvgIpc) is 2.32. The fourth-order valence-corrected chi connectivity index (χ4v) is 1.67. The normalized spacial score (nSPS) is 22.1. The van der Waals surface area contributed by atoms with Crippen LogP contribution in [-0.4, -0.2) is 29.9 Å². The van der Waals surface area contributed by atoms with Crippen molar-refractivity contribution in [2.45, 2.75) is 46.1 Å². The molecule has 0 aliphatic carbocycles. The SMILES string of the molecule is CN1C(=O)NC(CCCC(C)(C)C)C1=O. The molecular weight excluding hydrogens is 192 g/mol. The Labute approximate surface area is 91.0 Å². The predicted molar refractivity (Wildman–Crippen MR) is 58.4 cm³/mol. The van der Waals surface area contributed by atoms with Gasteiger partial charge in [-0.3, -0.25) is 9.69 Å². The highest BCUT2D eigenvalue weighted by Gasteiger charge is 2.34. The van der Waals surface area contributed by atoms with Gasteiger partial charge in [0.25, 0.3) is 5.91 Å². The summed E-state index contributed by atoms with van der Waals surface area (Å²) in [6.07, 6.45) is 2.77. The molecule has 0 bridgehead atoms. The summed E-state index contributed by atoms with van der Waals surface area (Å²) in [5, 5.41) is 2.68. The topological polar surface area (TPSA) is 49.4 Å². The number of carbonyl (C=O) groups excluding carboxylic acids is 2. The van der Waals surface area contributed by atoms with Crippen LogP contribution >= 0.6 is 0 Å². The minimum atomic E-state index is -0.301.